The molecule has 0 radical (unpaired) electrons. The van der Waals surface area contributed by atoms with Crippen LogP contribution in [0.2, 0.25) is 0 Å². The molecule has 6 rings (SSSR count). The Hall–Kier alpha value is -5.12. The topological polar surface area (TPSA) is 121 Å². The Bertz CT molecular complexity index is 1660. The van der Waals surface area contributed by atoms with Gasteiger partial charge < -0.3 is 9.64 Å². The second-order valence-corrected chi connectivity index (χ2v) is 11.3. The number of fused-ring (bicyclic) bond motifs is 3. The van der Waals surface area contributed by atoms with Crippen molar-refractivity contribution in [2.75, 3.05) is 18.0 Å². The van der Waals surface area contributed by atoms with Crippen LogP contribution in [0.1, 0.15) is 80.1 Å². The molecule has 212 valence electrons. The lowest BCUT2D eigenvalue weighted by molar-refractivity contribution is -0.134. The van der Waals surface area contributed by atoms with E-state index in [9.17, 15) is 28.8 Å². The van der Waals surface area contributed by atoms with E-state index in [-0.39, 0.29) is 33.9 Å². The maximum absolute atomic E-state index is 13.7. The van der Waals surface area contributed by atoms with E-state index in [1.807, 2.05) is 20.8 Å². The number of hydrogen-bond donors (Lipinski definition) is 0. The number of amides is 5. The summed E-state index contributed by atoms with van der Waals surface area (Å²) in [5.41, 5.74) is 1.73. The third-order valence-electron chi connectivity index (χ3n) is 8.00. The fourth-order valence-electron chi connectivity index (χ4n) is 6.21. The zero-order valence-electron chi connectivity index (χ0n) is 23.2. The fourth-order valence-corrected chi connectivity index (χ4v) is 6.21. The van der Waals surface area contributed by atoms with E-state index in [0.717, 1.165) is 15.4 Å². The molecule has 42 heavy (non-hydrogen) atoms. The summed E-state index contributed by atoms with van der Waals surface area (Å²) in [6.07, 6.45) is 0.570. The van der Waals surface area contributed by atoms with E-state index in [0.29, 0.717) is 12.1 Å². The average Bonchev–Trinajstić information content (AvgIpc) is 3.33. The van der Waals surface area contributed by atoms with Crippen molar-refractivity contribution in [2.24, 2.45) is 0 Å². The molecule has 0 bridgehead atoms. The quantitative estimate of drug-likeness (QED) is 0.262. The van der Waals surface area contributed by atoms with Crippen LogP contribution < -0.4 is 9.64 Å². The van der Waals surface area contributed by atoms with Gasteiger partial charge in [-0.2, -0.15) is 0 Å². The number of benzene rings is 3. The minimum atomic E-state index is -0.785. The lowest BCUT2D eigenvalue weighted by atomic mass is 9.80. The molecule has 0 aliphatic carbocycles. The molecular weight excluding hydrogens is 538 g/mol. The van der Waals surface area contributed by atoms with Gasteiger partial charge in [-0.3, -0.25) is 33.8 Å². The molecule has 0 N–H and O–H groups in total. The van der Waals surface area contributed by atoms with Crippen LogP contribution in [0.4, 0.5) is 5.69 Å². The first-order chi connectivity index (χ1) is 20.0. The Morgan fingerprint density at radius 3 is 1.74 bits per heavy atom. The summed E-state index contributed by atoms with van der Waals surface area (Å²) in [7, 11) is 0. The summed E-state index contributed by atoms with van der Waals surface area (Å²) >= 11 is 0. The lowest BCUT2D eigenvalue weighted by Gasteiger charge is -2.46. The number of ether oxygens (including phenoxy) is 1. The Kier molecular flexibility index (Phi) is 6.29. The third kappa shape index (κ3) is 4.27. The zero-order chi connectivity index (χ0) is 29.9. The van der Waals surface area contributed by atoms with Crippen molar-refractivity contribution in [2.45, 2.75) is 38.6 Å². The fraction of sp³-hybridized carbons (Fsp3) is 0.250. The Morgan fingerprint density at radius 2 is 1.24 bits per heavy atom. The van der Waals surface area contributed by atoms with Crippen molar-refractivity contribution in [1.29, 1.82) is 0 Å². The zero-order valence-corrected chi connectivity index (χ0v) is 23.2. The first-order valence-corrected chi connectivity index (χ1v) is 13.6. The molecule has 0 saturated carbocycles. The highest BCUT2D eigenvalue weighted by atomic mass is 16.5. The van der Waals surface area contributed by atoms with Crippen molar-refractivity contribution >= 4 is 41.2 Å². The van der Waals surface area contributed by atoms with Crippen LogP contribution in [0.5, 0.6) is 5.75 Å². The van der Waals surface area contributed by atoms with E-state index in [1.165, 1.54) is 18.2 Å². The van der Waals surface area contributed by atoms with Crippen LogP contribution >= 0.6 is 0 Å². The highest BCUT2D eigenvalue weighted by Crippen LogP contribution is 2.45. The molecule has 3 aliphatic heterocycles. The number of rotatable bonds is 5. The second-order valence-electron chi connectivity index (χ2n) is 11.3. The molecule has 10 nitrogen and oxygen atoms in total. The van der Waals surface area contributed by atoms with Gasteiger partial charge in [0.25, 0.3) is 23.6 Å². The minimum Gasteiger partial charge on any atom is -0.425 e. The number of carbonyl (C=O) groups is 6. The van der Waals surface area contributed by atoms with E-state index < -0.39 is 54.1 Å². The van der Waals surface area contributed by atoms with Crippen molar-refractivity contribution in [1.82, 2.24) is 9.80 Å². The van der Waals surface area contributed by atoms with E-state index in [4.69, 9.17) is 4.74 Å². The Balaban J connectivity index is 1.21. The van der Waals surface area contributed by atoms with Gasteiger partial charge in [0, 0.05) is 11.2 Å². The number of imide groups is 2. The van der Waals surface area contributed by atoms with Crippen molar-refractivity contribution < 1.29 is 33.5 Å². The van der Waals surface area contributed by atoms with Crippen LogP contribution in [0, 0.1) is 0 Å². The smallest absolute Gasteiger partial charge is 0.331 e. The molecule has 0 saturated heterocycles. The van der Waals surface area contributed by atoms with Crippen LogP contribution in [0.3, 0.4) is 0 Å². The molecule has 1 atom stereocenters. The molecule has 0 unspecified atom stereocenters. The van der Waals surface area contributed by atoms with E-state index >= 15 is 0 Å². The first kappa shape index (κ1) is 27.1. The SMILES string of the molecule is C[C@H]1CC(C)(C)N(C(=O)CN2C(=O)c3ccccc3C2=O)c2ccc(OC(=O)CN3C(=O)c4ccccc4C3=O)cc21. The molecule has 3 heterocycles. The number of esters is 1. The highest BCUT2D eigenvalue weighted by molar-refractivity contribution is 6.23. The normalized spacial score (nSPS) is 18.6. The van der Waals surface area contributed by atoms with Gasteiger partial charge in [0.1, 0.15) is 18.8 Å². The summed E-state index contributed by atoms with van der Waals surface area (Å²) in [6.45, 7) is 4.87. The van der Waals surface area contributed by atoms with E-state index in [2.05, 4.69) is 0 Å². The van der Waals surface area contributed by atoms with Gasteiger partial charge in [-0.05, 0) is 74.2 Å². The largest absolute Gasteiger partial charge is 0.425 e. The average molecular weight is 566 g/mol. The summed E-state index contributed by atoms with van der Waals surface area (Å²) in [5, 5.41) is 0. The maximum atomic E-state index is 13.7. The predicted octanol–water partition coefficient (Wildman–Crippen LogP) is 3.80. The standard InChI is InChI=1S/C32H27N3O7/c1-18-15-32(2,3)35(26(36)16-33-28(38)20-8-4-5-9-21(20)29(33)39)25-13-12-19(14-24(18)25)42-27(37)17-34-30(40)22-10-6-7-11-23(22)31(34)41/h4-14,18H,15-17H2,1-3H3/t18-/m0/s1. The molecule has 10 heteroatoms. The lowest BCUT2D eigenvalue weighted by Crippen LogP contribution is -2.55. The van der Waals surface area contributed by atoms with Crippen LogP contribution in [0.25, 0.3) is 0 Å². The van der Waals surface area contributed by atoms with E-state index in [1.54, 1.807) is 53.4 Å². The molecule has 5 amide bonds. The van der Waals surface area contributed by atoms with Gasteiger partial charge >= 0.3 is 5.97 Å². The van der Waals surface area contributed by atoms with Crippen LogP contribution in [-0.4, -0.2) is 63.9 Å². The monoisotopic (exact) mass is 565 g/mol. The summed E-state index contributed by atoms with van der Waals surface area (Å²) in [4.78, 5) is 81.0. The highest BCUT2D eigenvalue weighted by Gasteiger charge is 2.43. The Morgan fingerprint density at radius 1 is 0.762 bits per heavy atom. The molecular formula is C32H27N3O7. The number of hydrogen-bond acceptors (Lipinski definition) is 7. The van der Waals surface area contributed by atoms with Crippen molar-refractivity contribution in [3.63, 3.8) is 0 Å². The molecule has 3 aromatic rings. The molecule has 3 aromatic carbocycles. The van der Waals surface area contributed by atoms with Crippen LogP contribution in [0.15, 0.2) is 66.7 Å². The van der Waals surface area contributed by atoms with Gasteiger partial charge in [-0.25, -0.2) is 4.79 Å². The van der Waals surface area contributed by atoms with Gasteiger partial charge in [-0.1, -0.05) is 31.2 Å². The molecule has 0 fully saturated rings. The predicted molar refractivity (Wildman–Crippen MR) is 150 cm³/mol. The second kappa shape index (κ2) is 9.76. The summed E-state index contributed by atoms with van der Waals surface area (Å²) < 4.78 is 5.52. The van der Waals surface area contributed by atoms with Gasteiger partial charge in [0.2, 0.25) is 5.91 Å². The minimum absolute atomic E-state index is 0.0201. The van der Waals surface area contributed by atoms with Crippen LogP contribution in [-0.2, 0) is 9.59 Å². The van der Waals surface area contributed by atoms with Gasteiger partial charge in [0.05, 0.1) is 22.3 Å². The first-order valence-electron chi connectivity index (χ1n) is 13.6. The van der Waals surface area contributed by atoms with Crippen molar-refractivity contribution in [3.8, 4) is 5.75 Å². The molecule has 0 aromatic heterocycles. The Labute approximate surface area is 241 Å². The number of carbonyl (C=O) groups excluding carboxylic acids is 6. The van der Waals surface area contributed by atoms with Gasteiger partial charge in [0.15, 0.2) is 0 Å². The van der Waals surface area contributed by atoms with Gasteiger partial charge in [-0.15, -0.1) is 0 Å². The molecule has 3 aliphatic rings. The van der Waals surface area contributed by atoms with Crippen molar-refractivity contribution in [3.05, 3.63) is 94.5 Å². The summed E-state index contributed by atoms with van der Waals surface area (Å²) in [6, 6.07) is 17.7. The number of nitrogens with zero attached hydrogens (tertiary/aromatic N) is 3. The molecule has 0 spiro atoms. The number of anilines is 1. The summed E-state index contributed by atoms with van der Waals surface area (Å²) in [5.74, 6) is -3.14. The maximum Gasteiger partial charge on any atom is 0.331 e. The third-order valence-corrected chi connectivity index (χ3v) is 8.00.